The van der Waals surface area contributed by atoms with Crippen molar-refractivity contribution in [1.29, 1.82) is 0 Å². The monoisotopic (exact) mass is 268 g/mol. The molecular weight excluding hydrogens is 240 g/mol. The summed E-state index contributed by atoms with van der Waals surface area (Å²) in [6.45, 7) is 12.3. The molecule has 1 aromatic heterocycles. The Morgan fingerprint density at radius 3 is 2.50 bits per heavy atom. The molecule has 0 aliphatic rings. The number of nitrogens with zero attached hydrogens (tertiary/aromatic N) is 1. The van der Waals surface area contributed by atoms with Gasteiger partial charge >= 0.3 is 0 Å². The molecule has 0 bridgehead atoms. The van der Waals surface area contributed by atoms with Crippen LogP contribution in [0.25, 0.3) is 0 Å². The first-order valence-corrected chi connectivity index (χ1v) is 7.80. The molecule has 0 atom stereocenters. The van der Waals surface area contributed by atoms with Crippen LogP contribution in [0.3, 0.4) is 0 Å². The highest BCUT2D eigenvalue weighted by Gasteiger charge is 2.21. The Bertz CT molecular complexity index is 344. The number of thiophene rings is 1. The first-order valence-electron chi connectivity index (χ1n) is 6.99. The predicted octanol–water partition coefficient (Wildman–Crippen LogP) is 3.87. The van der Waals surface area contributed by atoms with Crippen molar-refractivity contribution in [3.8, 4) is 0 Å². The Labute approximate surface area is 116 Å². The van der Waals surface area contributed by atoms with E-state index in [1.807, 2.05) is 11.3 Å². The normalized spacial score (nSPS) is 12.3. The summed E-state index contributed by atoms with van der Waals surface area (Å²) in [7, 11) is 2.22. The van der Waals surface area contributed by atoms with Gasteiger partial charge in [-0.15, -0.1) is 11.3 Å². The second-order valence-electron chi connectivity index (χ2n) is 5.57. The summed E-state index contributed by atoms with van der Waals surface area (Å²) in [5.41, 5.74) is 0.282. The highest BCUT2D eigenvalue weighted by molar-refractivity contribution is 7.11. The van der Waals surface area contributed by atoms with E-state index in [4.69, 9.17) is 0 Å². The lowest BCUT2D eigenvalue weighted by Gasteiger charge is -2.34. The Hall–Kier alpha value is -0.380. The molecule has 0 spiro atoms. The summed E-state index contributed by atoms with van der Waals surface area (Å²) in [6.07, 6.45) is 2.38. The number of rotatable bonds is 8. The average molecular weight is 268 g/mol. The van der Waals surface area contributed by atoms with Crippen molar-refractivity contribution in [1.82, 2.24) is 10.2 Å². The van der Waals surface area contributed by atoms with Crippen LogP contribution in [0.15, 0.2) is 12.1 Å². The van der Waals surface area contributed by atoms with Crippen LogP contribution in [0, 0.1) is 0 Å². The van der Waals surface area contributed by atoms with Crippen molar-refractivity contribution in [2.75, 3.05) is 13.6 Å². The van der Waals surface area contributed by atoms with Crippen LogP contribution >= 0.6 is 11.3 Å². The van der Waals surface area contributed by atoms with Crippen molar-refractivity contribution in [3.05, 3.63) is 21.9 Å². The number of hydrogen-bond donors (Lipinski definition) is 1. The van der Waals surface area contributed by atoms with E-state index in [2.05, 4.69) is 57.1 Å². The van der Waals surface area contributed by atoms with Crippen molar-refractivity contribution in [2.45, 2.75) is 59.2 Å². The molecule has 2 nitrogen and oxygen atoms in total. The molecule has 0 saturated heterocycles. The molecule has 1 heterocycles. The molecular formula is C15H28N2S. The maximum absolute atomic E-state index is 3.46. The quantitative estimate of drug-likeness (QED) is 0.720. The maximum Gasteiger partial charge on any atom is 0.0330 e. The lowest BCUT2D eigenvalue weighted by Crippen LogP contribution is -2.39. The van der Waals surface area contributed by atoms with E-state index in [1.54, 1.807) is 0 Å². The fraction of sp³-hybridized carbons (Fsp3) is 0.733. The van der Waals surface area contributed by atoms with Gasteiger partial charge < -0.3 is 5.32 Å². The predicted molar refractivity (Wildman–Crippen MR) is 82.2 cm³/mol. The van der Waals surface area contributed by atoms with Gasteiger partial charge in [0.1, 0.15) is 0 Å². The molecule has 104 valence electrons. The zero-order valence-corrected chi connectivity index (χ0v) is 13.4. The van der Waals surface area contributed by atoms with Crippen LogP contribution in [-0.2, 0) is 13.1 Å². The van der Waals surface area contributed by atoms with Crippen molar-refractivity contribution < 1.29 is 0 Å². The highest BCUT2D eigenvalue weighted by Crippen LogP contribution is 2.23. The molecule has 1 rings (SSSR count). The second-order valence-corrected chi connectivity index (χ2v) is 6.82. The van der Waals surface area contributed by atoms with Crippen LogP contribution in [-0.4, -0.2) is 24.0 Å². The molecule has 0 aliphatic carbocycles. The van der Waals surface area contributed by atoms with Crippen LogP contribution in [0.4, 0.5) is 0 Å². The number of hydrogen-bond acceptors (Lipinski definition) is 3. The van der Waals surface area contributed by atoms with Gasteiger partial charge in [-0.25, -0.2) is 0 Å². The average Bonchev–Trinajstić information content (AvgIpc) is 2.77. The SMILES string of the molecule is CCCNCc1ccc(CN(C)C(C)(C)CC)s1. The zero-order chi connectivity index (χ0) is 13.6. The van der Waals surface area contributed by atoms with Crippen molar-refractivity contribution in [2.24, 2.45) is 0 Å². The number of nitrogens with one attached hydrogen (secondary N) is 1. The maximum atomic E-state index is 3.46. The fourth-order valence-corrected chi connectivity index (χ4v) is 2.75. The third kappa shape index (κ3) is 4.71. The summed E-state index contributed by atoms with van der Waals surface area (Å²) in [6, 6.07) is 4.53. The standard InChI is InChI=1S/C15H28N2S/c1-6-10-16-11-13-8-9-14(18-13)12-17(5)15(3,4)7-2/h8-9,16H,6-7,10-12H2,1-5H3. The Balaban J connectivity index is 2.48. The Morgan fingerprint density at radius 2 is 1.89 bits per heavy atom. The van der Waals surface area contributed by atoms with Crippen molar-refractivity contribution in [3.63, 3.8) is 0 Å². The molecule has 0 radical (unpaired) electrons. The molecule has 18 heavy (non-hydrogen) atoms. The van der Waals surface area contributed by atoms with Gasteiger partial charge in [0.05, 0.1) is 0 Å². The van der Waals surface area contributed by atoms with Gasteiger partial charge in [-0.1, -0.05) is 13.8 Å². The van der Waals surface area contributed by atoms with Crippen LogP contribution in [0.5, 0.6) is 0 Å². The third-order valence-corrected chi connectivity index (χ3v) is 4.80. The largest absolute Gasteiger partial charge is 0.312 e. The first-order chi connectivity index (χ1) is 8.49. The van der Waals surface area contributed by atoms with E-state index < -0.39 is 0 Å². The lowest BCUT2D eigenvalue weighted by atomic mass is 10.00. The van der Waals surface area contributed by atoms with E-state index in [0.717, 1.165) is 19.6 Å². The lowest BCUT2D eigenvalue weighted by molar-refractivity contribution is 0.144. The minimum absolute atomic E-state index is 0.282. The van der Waals surface area contributed by atoms with E-state index in [-0.39, 0.29) is 5.54 Å². The summed E-state index contributed by atoms with van der Waals surface area (Å²) in [5.74, 6) is 0. The Morgan fingerprint density at radius 1 is 1.22 bits per heavy atom. The Kier molecular flexibility index (Phi) is 6.33. The molecule has 0 fully saturated rings. The van der Waals surface area contributed by atoms with Gasteiger partial charge in [0.15, 0.2) is 0 Å². The van der Waals surface area contributed by atoms with Gasteiger partial charge in [0.25, 0.3) is 0 Å². The molecule has 0 amide bonds. The molecule has 1 aromatic rings. The van der Waals surface area contributed by atoms with E-state index in [9.17, 15) is 0 Å². The summed E-state index contributed by atoms with van der Waals surface area (Å²) >= 11 is 1.93. The minimum atomic E-state index is 0.282. The van der Waals surface area contributed by atoms with E-state index in [0.29, 0.717) is 0 Å². The molecule has 0 saturated carbocycles. The van der Waals surface area contributed by atoms with Gasteiger partial charge in [-0.3, -0.25) is 4.90 Å². The first kappa shape index (κ1) is 15.7. The summed E-state index contributed by atoms with van der Waals surface area (Å²) in [5, 5.41) is 3.46. The summed E-state index contributed by atoms with van der Waals surface area (Å²) < 4.78 is 0. The second kappa shape index (κ2) is 7.27. The zero-order valence-electron chi connectivity index (χ0n) is 12.5. The van der Waals surface area contributed by atoms with Gasteiger partial charge in [0, 0.05) is 28.4 Å². The van der Waals surface area contributed by atoms with Crippen LogP contribution in [0.2, 0.25) is 0 Å². The molecule has 1 N–H and O–H groups in total. The summed E-state index contributed by atoms with van der Waals surface area (Å²) in [4.78, 5) is 5.36. The molecule has 3 heteroatoms. The van der Waals surface area contributed by atoms with E-state index >= 15 is 0 Å². The minimum Gasteiger partial charge on any atom is -0.312 e. The smallest absolute Gasteiger partial charge is 0.0330 e. The fourth-order valence-electron chi connectivity index (χ4n) is 1.71. The molecule has 0 aliphatic heterocycles. The highest BCUT2D eigenvalue weighted by atomic mass is 32.1. The third-order valence-electron chi connectivity index (χ3n) is 3.73. The van der Waals surface area contributed by atoms with Gasteiger partial charge in [0.2, 0.25) is 0 Å². The van der Waals surface area contributed by atoms with Crippen LogP contribution < -0.4 is 5.32 Å². The molecule has 0 unspecified atom stereocenters. The van der Waals surface area contributed by atoms with Crippen molar-refractivity contribution >= 4 is 11.3 Å². The molecule has 0 aromatic carbocycles. The van der Waals surface area contributed by atoms with Gasteiger partial charge in [-0.05, 0) is 52.4 Å². The van der Waals surface area contributed by atoms with Crippen LogP contribution in [0.1, 0.15) is 50.3 Å². The van der Waals surface area contributed by atoms with Gasteiger partial charge in [-0.2, -0.15) is 0 Å². The van der Waals surface area contributed by atoms with E-state index in [1.165, 1.54) is 22.6 Å². The topological polar surface area (TPSA) is 15.3 Å².